The molecule has 1 aliphatic carbocycles. The third-order valence-corrected chi connectivity index (χ3v) is 4.41. The molecule has 4 heteroatoms. The fourth-order valence-electron chi connectivity index (χ4n) is 2.22. The van der Waals surface area contributed by atoms with E-state index in [4.69, 9.17) is 0 Å². The van der Waals surface area contributed by atoms with E-state index < -0.39 is 0 Å². The van der Waals surface area contributed by atoms with Crippen LogP contribution in [0.2, 0.25) is 0 Å². The maximum atomic E-state index is 13.4. The highest BCUT2D eigenvalue weighted by atomic mass is 32.2. The molecule has 1 amide bonds. The Morgan fingerprint density at radius 1 is 1.35 bits per heavy atom. The molecule has 0 bridgehead atoms. The van der Waals surface area contributed by atoms with Crippen LogP contribution in [0.4, 0.5) is 4.39 Å². The predicted octanol–water partition coefficient (Wildman–Crippen LogP) is 3.53. The van der Waals surface area contributed by atoms with E-state index in [-0.39, 0.29) is 17.6 Å². The van der Waals surface area contributed by atoms with E-state index in [1.165, 1.54) is 6.07 Å². The number of allylic oxidation sites excluding steroid dienone is 2. The van der Waals surface area contributed by atoms with Gasteiger partial charge in [-0.05, 0) is 30.9 Å². The molecule has 0 heterocycles. The Bertz CT molecular complexity index is 475. The van der Waals surface area contributed by atoms with E-state index in [0.29, 0.717) is 12.3 Å². The summed E-state index contributed by atoms with van der Waals surface area (Å²) in [6.07, 6.45) is 7.02. The minimum Gasteiger partial charge on any atom is -0.355 e. The molecule has 0 aliphatic heterocycles. The summed E-state index contributed by atoms with van der Waals surface area (Å²) in [6.45, 7) is 0.651. The molecule has 1 aromatic rings. The molecule has 2 nitrogen and oxygen atoms in total. The number of rotatable bonds is 6. The van der Waals surface area contributed by atoms with Crippen LogP contribution in [0.3, 0.4) is 0 Å². The molecular formula is C16H20FNOS. The van der Waals surface area contributed by atoms with Crippen LogP contribution in [0, 0.1) is 11.7 Å². The van der Waals surface area contributed by atoms with Crippen LogP contribution in [0.15, 0.2) is 36.4 Å². The first-order chi connectivity index (χ1) is 9.77. The zero-order valence-electron chi connectivity index (χ0n) is 11.5. The van der Waals surface area contributed by atoms with Gasteiger partial charge in [-0.15, -0.1) is 0 Å². The summed E-state index contributed by atoms with van der Waals surface area (Å²) >= 11 is 1.64. The average Bonchev–Trinajstić information content (AvgIpc) is 2.49. The van der Waals surface area contributed by atoms with Gasteiger partial charge in [0, 0.05) is 24.0 Å². The van der Waals surface area contributed by atoms with Crippen molar-refractivity contribution < 1.29 is 9.18 Å². The highest BCUT2D eigenvalue weighted by Crippen LogP contribution is 2.18. The molecule has 2 rings (SSSR count). The summed E-state index contributed by atoms with van der Waals surface area (Å²) < 4.78 is 13.4. The van der Waals surface area contributed by atoms with Gasteiger partial charge >= 0.3 is 0 Å². The Morgan fingerprint density at radius 2 is 2.20 bits per heavy atom. The first-order valence-corrected chi connectivity index (χ1v) is 8.16. The molecule has 0 aromatic heterocycles. The molecule has 20 heavy (non-hydrogen) atoms. The lowest BCUT2D eigenvalue weighted by Crippen LogP contribution is -2.32. The lowest BCUT2D eigenvalue weighted by molar-refractivity contribution is -0.125. The molecule has 108 valence electrons. The minimum absolute atomic E-state index is 0.136. The smallest absolute Gasteiger partial charge is 0.223 e. The molecule has 1 N–H and O–H groups in total. The van der Waals surface area contributed by atoms with E-state index in [9.17, 15) is 9.18 Å². The topological polar surface area (TPSA) is 29.1 Å². The van der Waals surface area contributed by atoms with Gasteiger partial charge in [-0.3, -0.25) is 4.79 Å². The average molecular weight is 293 g/mol. The zero-order valence-corrected chi connectivity index (χ0v) is 12.3. The Hall–Kier alpha value is -1.29. The number of thioether (sulfide) groups is 1. The van der Waals surface area contributed by atoms with Crippen molar-refractivity contribution in [3.8, 4) is 0 Å². The van der Waals surface area contributed by atoms with Gasteiger partial charge in [0.05, 0.1) is 0 Å². The highest BCUT2D eigenvalue weighted by molar-refractivity contribution is 7.98. The van der Waals surface area contributed by atoms with Crippen molar-refractivity contribution in [2.45, 2.75) is 25.0 Å². The number of hydrogen-bond acceptors (Lipinski definition) is 2. The zero-order chi connectivity index (χ0) is 14.2. The minimum atomic E-state index is -0.155. The Balaban J connectivity index is 1.61. The van der Waals surface area contributed by atoms with E-state index >= 15 is 0 Å². The van der Waals surface area contributed by atoms with E-state index in [2.05, 4.69) is 17.5 Å². The van der Waals surface area contributed by atoms with Gasteiger partial charge in [0.2, 0.25) is 5.91 Å². The van der Waals surface area contributed by atoms with Gasteiger partial charge in [0.25, 0.3) is 0 Å². The molecule has 0 fully saturated rings. The summed E-state index contributed by atoms with van der Waals surface area (Å²) in [5, 5.41) is 2.97. The summed E-state index contributed by atoms with van der Waals surface area (Å²) in [7, 11) is 0. The standard InChI is InChI=1S/C16H20FNOS/c17-15-9-5-4-8-14(15)12-20-11-10-18-16(19)13-6-2-1-3-7-13/h1-2,4-5,8-9,13H,3,6-7,10-12H2,(H,18,19). The Morgan fingerprint density at radius 3 is 2.95 bits per heavy atom. The number of hydrogen-bond donors (Lipinski definition) is 1. The van der Waals surface area contributed by atoms with Crippen molar-refractivity contribution in [3.05, 3.63) is 47.8 Å². The molecular weight excluding hydrogens is 273 g/mol. The first-order valence-electron chi connectivity index (χ1n) is 7.01. The lowest BCUT2D eigenvalue weighted by atomic mass is 9.94. The SMILES string of the molecule is O=C(NCCSCc1ccccc1F)C1CC=CCC1. The molecule has 0 radical (unpaired) electrons. The van der Waals surface area contributed by atoms with Gasteiger partial charge in [-0.2, -0.15) is 11.8 Å². The van der Waals surface area contributed by atoms with Crippen molar-refractivity contribution in [2.24, 2.45) is 5.92 Å². The summed E-state index contributed by atoms with van der Waals surface area (Å²) in [4.78, 5) is 11.9. The van der Waals surface area contributed by atoms with E-state index in [1.54, 1.807) is 23.9 Å². The van der Waals surface area contributed by atoms with Crippen LogP contribution in [0.25, 0.3) is 0 Å². The molecule has 1 unspecified atom stereocenters. The Kier molecular flexibility index (Phi) is 6.12. The van der Waals surface area contributed by atoms with Crippen LogP contribution < -0.4 is 5.32 Å². The van der Waals surface area contributed by atoms with Crippen LogP contribution in [-0.4, -0.2) is 18.2 Å². The van der Waals surface area contributed by atoms with Gasteiger partial charge in [-0.1, -0.05) is 30.4 Å². The molecule has 0 saturated carbocycles. The summed E-state index contributed by atoms with van der Waals surface area (Å²) in [5.74, 6) is 1.59. The second kappa shape index (κ2) is 8.10. The number of benzene rings is 1. The number of carbonyl (C=O) groups is 1. The molecule has 0 spiro atoms. The molecule has 1 aromatic carbocycles. The van der Waals surface area contributed by atoms with Crippen molar-refractivity contribution in [2.75, 3.05) is 12.3 Å². The first kappa shape index (κ1) is 15.1. The van der Waals surface area contributed by atoms with Crippen molar-refractivity contribution in [1.29, 1.82) is 0 Å². The van der Waals surface area contributed by atoms with Crippen LogP contribution in [0.1, 0.15) is 24.8 Å². The van der Waals surface area contributed by atoms with E-state index in [0.717, 1.165) is 30.6 Å². The number of carbonyl (C=O) groups excluding carboxylic acids is 1. The van der Waals surface area contributed by atoms with Gasteiger partial charge in [-0.25, -0.2) is 4.39 Å². The quantitative estimate of drug-likeness (QED) is 0.642. The van der Waals surface area contributed by atoms with Crippen LogP contribution >= 0.6 is 11.8 Å². The Labute approximate surface area is 123 Å². The number of halogens is 1. The second-order valence-corrected chi connectivity index (χ2v) is 6.02. The number of amides is 1. The maximum Gasteiger partial charge on any atom is 0.223 e. The largest absolute Gasteiger partial charge is 0.355 e. The van der Waals surface area contributed by atoms with Gasteiger partial charge in [0.15, 0.2) is 0 Å². The molecule has 1 atom stereocenters. The van der Waals surface area contributed by atoms with Gasteiger partial charge < -0.3 is 5.32 Å². The predicted molar refractivity (Wildman–Crippen MR) is 82.1 cm³/mol. The van der Waals surface area contributed by atoms with Crippen molar-refractivity contribution in [3.63, 3.8) is 0 Å². The van der Waals surface area contributed by atoms with Gasteiger partial charge in [0.1, 0.15) is 5.82 Å². The fraction of sp³-hybridized carbons (Fsp3) is 0.438. The summed E-state index contributed by atoms with van der Waals surface area (Å²) in [6, 6.07) is 6.82. The number of nitrogens with one attached hydrogen (secondary N) is 1. The second-order valence-electron chi connectivity index (χ2n) is 4.92. The maximum absolute atomic E-state index is 13.4. The monoisotopic (exact) mass is 293 g/mol. The van der Waals surface area contributed by atoms with Crippen LogP contribution in [-0.2, 0) is 10.5 Å². The fourth-order valence-corrected chi connectivity index (χ4v) is 3.06. The summed E-state index contributed by atoms with van der Waals surface area (Å²) in [5.41, 5.74) is 0.723. The third kappa shape index (κ3) is 4.67. The normalized spacial score (nSPS) is 17.9. The molecule has 1 aliphatic rings. The third-order valence-electron chi connectivity index (χ3n) is 3.40. The molecule has 0 saturated heterocycles. The lowest BCUT2D eigenvalue weighted by Gasteiger charge is -2.17. The van der Waals surface area contributed by atoms with Crippen molar-refractivity contribution in [1.82, 2.24) is 5.32 Å². The van der Waals surface area contributed by atoms with E-state index in [1.807, 2.05) is 6.07 Å². The van der Waals surface area contributed by atoms with Crippen molar-refractivity contribution >= 4 is 17.7 Å². The van der Waals surface area contributed by atoms with Crippen LogP contribution in [0.5, 0.6) is 0 Å². The highest BCUT2D eigenvalue weighted by Gasteiger charge is 2.17.